The normalized spacial score (nSPS) is 10.4. The zero-order valence-electron chi connectivity index (χ0n) is 8.44. The number of hydrogen-bond acceptors (Lipinski definition) is 3. The molecular formula is C10H16N2O2. The van der Waals surface area contributed by atoms with Gasteiger partial charge in [-0.15, -0.1) is 0 Å². The topological polar surface area (TPSA) is 55.1 Å². The maximum Gasteiger partial charge on any atom is 0.133 e. The van der Waals surface area contributed by atoms with E-state index < -0.39 is 0 Å². The Labute approximate surface area is 83.6 Å². The number of Topliss-reactive ketones (excluding diaryl/α,β-unsaturated/α-hetero) is 1. The first-order chi connectivity index (χ1) is 6.74. The van der Waals surface area contributed by atoms with Crippen molar-refractivity contribution in [2.75, 3.05) is 6.61 Å². The van der Waals surface area contributed by atoms with Crippen LogP contribution in [0.25, 0.3) is 0 Å². The van der Waals surface area contributed by atoms with Crippen molar-refractivity contribution in [3.05, 3.63) is 18.2 Å². The number of aromatic nitrogens is 2. The van der Waals surface area contributed by atoms with Gasteiger partial charge in [0.1, 0.15) is 11.6 Å². The lowest BCUT2D eigenvalue weighted by atomic mass is 10.1. The van der Waals surface area contributed by atoms with Crippen molar-refractivity contribution in [3.8, 4) is 0 Å². The van der Waals surface area contributed by atoms with E-state index in [1.54, 1.807) is 6.20 Å². The molecule has 0 unspecified atom stereocenters. The average Bonchev–Trinajstić information content (AvgIpc) is 2.58. The number of carbonyl (C=O) groups excluding carboxylic acids is 1. The maximum atomic E-state index is 11.3. The molecule has 1 heterocycles. The van der Waals surface area contributed by atoms with Crippen molar-refractivity contribution in [1.82, 2.24) is 9.55 Å². The Bertz CT molecular complexity index is 294. The molecule has 1 aromatic rings. The molecule has 1 N–H and O–H groups in total. The Kier molecular flexibility index (Phi) is 4.32. The summed E-state index contributed by atoms with van der Waals surface area (Å²) in [7, 11) is 1.92. The van der Waals surface area contributed by atoms with Gasteiger partial charge >= 0.3 is 0 Å². The predicted molar refractivity (Wildman–Crippen MR) is 52.9 cm³/mol. The lowest BCUT2D eigenvalue weighted by Gasteiger charge is -2.00. The van der Waals surface area contributed by atoms with E-state index >= 15 is 0 Å². The molecular weight excluding hydrogens is 180 g/mol. The molecule has 0 saturated carbocycles. The Morgan fingerprint density at radius 1 is 1.57 bits per heavy atom. The van der Waals surface area contributed by atoms with Crippen LogP contribution in [0.15, 0.2) is 12.4 Å². The second-order valence-electron chi connectivity index (χ2n) is 3.32. The van der Waals surface area contributed by atoms with Crippen molar-refractivity contribution in [2.45, 2.75) is 25.7 Å². The molecule has 78 valence electrons. The second-order valence-corrected chi connectivity index (χ2v) is 3.32. The number of aliphatic hydroxyl groups excluding tert-OH is 1. The van der Waals surface area contributed by atoms with Crippen LogP contribution in [0.5, 0.6) is 0 Å². The van der Waals surface area contributed by atoms with Crippen molar-refractivity contribution in [3.63, 3.8) is 0 Å². The van der Waals surface area contributed by atoms with E-state index in [0.29, 0.717) is 25.7 Å². The van der Waals surface area contributed by atoms with Gasteiger partial charge in [0.05, 0.1) is 0 Å². The Morgan fingerprint density at radius 3 is 2.93 bits per heavy atom. The third kappa shape index (κ3) is 3.30. The summed E-state index contributed by atoms with van der Waals surface area (Å²) in [5.74, 6) is 1.13. The molecule has 0 fully saturated rings. The largest absolute Gasteiger partial charge is 0.396 e. The molecule has 1 aromatic heterocycles. The van der Waals surface area contributed by atoms with Gasteiger partial charge in [0.25, 0.3) is 0 Å². The van der Waals surface area contributed by atoms with E-state index in [4.69, 9.17) is 5.11 Å². The number of ketones is 1. The Balaban J connectivity index is 2.27. The highest BCUT2D eigenvalue weighted by molar-refractivity contribution is 5.78. The van der Waals surface area contributed by atoms with Gasteiger partial charge in [-0.1, -0.05) is 0 Å². The number of aliphatic hydroxyl groups is 1. The number of rotatable bonds is 6. The van der Waals surface area contributed by atoms with Crippen LogP contribution >= 0.6 is 0 Å². The smallest absolute Gasteiger partial charge is 0.133 e. The van der Waals surface area contributed by atoms with Crippen LogP contribution in [-0.2, 0) is 18.3 Å². The molecule has 0 amide bonds. The van der Waals surface area contributed by atoms with E-state index in [9.17, 15) is 4.79 Å². The number of imidazole rings is 1. The molecule has 0 atom stereocenters. The second kappa shape index (κ2) is 5.54. The maximum absolute atomic E-state index is 11.3. The van der Waals surface area contributed by atoms with E-state index in [1.165, 1.54) is 0 Å². The molecule has 4 nitrogen and oxygen atoms in total. The first-order valence-corrected chi connectivity index (χ1v) is 4.83. The van der Waals surface area contributed by atoms with Crippen LogP contribution in [0.4, 0.5) is 0 Å². The van der Waals surface area contributed by atoms with Crippen LogP contribution in [0, 0.1) is 0 Å². The van der Waals surface area contributed by atoms with Crippen LogP contribution in [0.3, 0.4) is 0 Å². The number of hydrogen-bond donors (Lipinski definition) is 1. The number of aryl methyl sites for hydroxylation is 2. The molecule has 0 aliphatic rings. The summed E-state index contributed by atoms with van der Waals surface area (Å²) in [4.78, 5) is 15.4. The molecule has 1 rings (SSSR count). The summed E-state index contributed by atoms with van der Waals surface area (Å²) in [5.41, 5.74) is 0. The molecule has 0 radical (unpaired) electrons. The first-order valence-electron chi connectivity index (χ1n) is 4.83. The predicted octanol–water partition coefficient (Wildman–Crippen LogP) is 0.694. The molecule has 0 spiro atoms. The van der Waals surface area contributed by atoms with E-state index in [2.05, 4.69) is 4.98 Å². The minimum atomic E-state index is 0.0914. The SMILES string of the molecule is Cn1ccnc1CCC(=O)CCCO. The summed E-state index contributed by atoms with van der Waals surface area (Å²) in [6.07, 6.45) is 5.85. The Morgan fingerprint density at radius 2 is 2.36 bits per heavy atom. The fourth-order valence-electron chi connectivity index (χ4n) is 1.29. The highest BCUT2D eigenvalue weighted by atomic mass is 16.3. The van der Waals surface area contributed by atoms with Crippen LogP contribution < -0.4 is 0 Å². The molecule has 14 heavy (non-hydrogen) atoms. The summed E-state index contributed by atoms with van der Waals surface area (Å²) in [6, 6.07) is 0. The van der Waals surface area contributed by atoms with Crippen LogP contribution in [-0.4, -0.2) is 27.0 Å². The molecule has 0 aliphatic carbocycles. The number of carbonyl (C=O) groups is 1. The fraction of sp³-hybridized carbons (Fsp3) is 0.600. The Hall–Kier alpha value is -1.16. The van der Waals surface area contributed by atoms with Gasteiger partial charge < -0.3 is 9.67 Å². The quantitative estimate of drug-likeness (QED) is 0.728. The summed E-state index contributed by atoms with van der Waals surface area (Å²) in [5, 5.41) is 8.54. The minimum absolute atomic E-state index is 0.0914. The van der Waals surface area contributed by atoms with E-state index in [-0.39, 0.29) is 12.4 Å². The van der Waals surface area contributed by atoms with Crippen molar-refractivity contribution in [1.29, 1.82) is 0 Å². The van der Waals surface area contributed by atoms with Gasteiger partial charge in [-0.3, -0.25) is 4.79 Å². The number of nitrogens with zero attached hydrogens (tertiary/aromatic N) is 2. The summed E-state index contributed by atoms with van der Waals surface area (Å²) < 4.78 is 1.92. The van der Waals surface area contributed by atoms with Crippen molar-refractivity contribution < 1.29 is 9.90 Å². The molecule has 0 aromatic carbocycles. The highest BCUT2D eigenvalue weighted by Crippen LogP contribution is 2.02. The zero-order chi connectivity index (χ0) is 10.4. The third-order valence-electron chi connectivity index (χ3n) is 2.16. The standard InChI is InChI=1S/C10H16N2O2/c1-12-7-6-11-10(12)5-4-9(14)3-2-8-13/h6-7,13H,2-5,8H2,1H3. The van der Waals surface area contributed by atoms with E-state index in [0.717, 1.165) is 5.82 Å². The van der Waals surface area contributed by atoms with Gasteiger partial charge in [0, 0.05) is 45.3 Å². The monoisotopic (exact) mass is 196 g/mol. The zero-order valence-corrected chi connectivity index (χ0v) is 8.44. The van der Waals surface area contributed by atoms with Crippen molar-refractivity contribution in [2.24, 2.45) is 7.05 Å². The highest BCUT2D eigenvalue weighted by Gasteiger charge is 2.04. The minimum Gasteiger partial charge on any atom is -0.396 e. The molecule has 0 saturated heterocycles. The van der Waals surface area contributed by atoms with Gasteiger partial charge in [0.2, 0.25) is 0 Å². The molecule has 0 aliphatic heterocycles. The summed E-state index contributed by atoms with van der Waals surface area (Å²) >= 11 is 0. The lowest BCUT2D eigenvalue weighted by molar-refractivity contribution is -0.119. The molecule has 4 heteroatoms. The van der Waals surface area contributed by atoms with Gasteiger partial charge in [-0.2, -0.15) is 0 Å². The van der Waals surface area contributed by atoms with Gasteiger partial charge in [-0.25, -0.2) is 4.98 Å². The first kappa shape index (κ1) is 10.9. The average molecular weight is 196 g/mol. The fourth-order valence-corrected chi connectivity index (χ4v) is 1.29. The lowest BCUT2D eigenvalue weighted by Crippen LogP contribution is -2.04. The summed E-state index contributed by atoms with van der Waals surface area (Å²) in [6.45, 7) is 0.0914. The van der Waals surface area contributed by atoms with Gasteiger partial charge in [0.15, 0.2) is 0 Å². The van der Waals surface area contributed by atoms with Crippen molar-refractivity contribution >= 4 is 5.78 Å². The van der Waals surface area contributed by atoms with Crippen LogP contribution in [0.2, 0.25) is 0 Å². The third-order valence-corrected chi connectivity index (χ3v) is 2.16. The van der Waals surface area contributed by atoms with Crippen LogP contribution in [0.1, 0.15) is 25.1 Å². The van der Waals surface area contributed by atoms with E-state index in [1.807, 2.05) is 17.8 Å². The molecule has 0 bridgehead atoms. The van der Waals surface area contributed by atoms with Gasteiger partial charge in [-0.05, 0) is 6.42 Å².